The second-order valence-electron chi connectivity index (χ2n) is 4.44. The maximum Gasteiger partial charge on any atom is 0.263 e. The summed E-state index contributed by atoms with van der Waals surface area (Å²) in [6.45, 7) is -0.116. The largest absolute Gasteiger partial charge is 0.480 e. The molecule has 1 aromatic heterocycles. The molecule has 7 nitrogen and oxygen atoms in total. The molecule has 0 saturated heterocycles. The lowest BCUT2D eigenvalue weighted by Gasteiger charge is -2.17. The van der Waals surface area contributed by atoms with E-state index in [1.165, 1.54) is 12.1 Å². The van der Waals surface area contributed by atoms with Crippen molar-refractivity contribution in [2.45, 2.75) is 4.90 Å². The van der Waals surface area contributed by atoms with Gasteiger partial charge in [0.2, 0.25) is 0 Å². The van der Waals surface area contributed by atoms with Gasteiger partial charge in [-0.15, -0.1) is 0 Å². The van der Waals surface area contributed by atoms with Crippen LogP contribution in [0.25, 0.3) is 0 Å². The highest BCUT2D eigenvalue weighted by atomic mass is 32.2. The third-order valence-electron chi connectivity index (χ3n) is 2.84. The summed E-state index contributed by atoms with van der Waals surface area (Å²) in [5.41, 5.74) is 0. The van der Waals surface area contributed by atoms with Gasteiger partial charge in [0.15, 0.2) is 18.2 Å². The molecular formula is C13H10FN3O4S. The van der Waals surface area contributed by atoms with Gasteiger partial charge in [-0.25, -0.2) is 17.8 Å². The minimum absolute atomic E-state index is 0.00822. The average Bonchev–Trinajstić information content (AvgIpc) is 2.47. The monoisotopic (exact) mass is 323 g/mol. The second-order valence-corrected chi connectivity index (χ2v) is 6.12. The Kier molecular flexibility index (Phi) is 3.41. The number of pyridine rings is 1. The number of nitrogens with one attached hydrogen (secondary N) is 2. The summed E-state index contributed by atoms with van der Waals surface area (Å²) in [4.78, 5) is 15.1. The van der Waals surface area contributed by atoms with Crippen molar-refractivity contribution < 1.29 is 22.3 Å². The van der Waals surface area contributed by atoms with Crippen molar-refractivity contribution >= 4 is 27.6 Å². The van der Waals surface area contributed by atoms with Gasteiger partial charge in [0.25, 0.3) is 15.9 Å². The van der Waals surface area contributed by atoms with Gasteiger partial charge in [-0.1, -0.05) is 0 Å². The van der Waals surface area contributed by atoms with Crippen molar-refractivity contribution in [2.75, 3.05) is 16.6 Å². The molecular weight excluding hydrogens is 313 g/mol. The molecule has 1 aliphatic heterocycles. The Morgan fingerprint density at radius 3 is 2.64 bits per heavy atom. The van der Waals surface area contributed by atoms with E-state index in [-0.39, 0.29) is 29.0 Å². The highest BCUT2D eigenvalue weighted by Gasteiger charge is 2.20. The number of fused-ring (bicyclic) bond motifs is 1. The molecule has 114 valence electrons. The number of rotatable bonds is 3. The Morgan fingerprint density at radius 2 is 1.91 bits per heavy atom. The SMILES string of the molecule is O=C1COc2ccc(NS(=O)(=O)c3ccc(F)cc3)nc2N1. The van der Waals surface area contributed by atoms with Gasteiger partial charge in [0.05, 0.1) is 4.90 Å². The Morgan fingerprint density at radius 1 is 1.18 bits per heavy atom. The first kappa shape index (κ1) is 14.3. The molecule has 2 N–H and O–H groups in total. The van der Waals surface area contributed by atoms with E-state index in [2.05, 4.69) is 15.0 Å². The van der Waals surface area contributed by atoms with E-state index in [4.69, 9.17) is 4.74 Å². The van der Waals surface area contributed by atoms with Gasteiger partial charge >= 0.3 is 0 Å². The molecule has 0 fully saturated rings. The standard InChI is InChI=1S/C13H10FN3O4S/c14-8-1-3-9(4-2-8)22(19,20)17-11-6-5-10-13(15-11)16-12(18)7-21-10/h1-6H,7H2,(H2,15,16,17,18). The van der Waals surface area contributed by atoms with Gasteiger partial charge in [0, 0.05) is 0 Å². The number of amides is 1. The number of halogens is 1. The fourth-order valence-corrected chi connectivity index (χ4v) is 2.83. The molecule has 1 aromatic carbocycles. The molecule has 2 heterocycles. The van der Waals surface area contributed by atoms with Crippen molar-refractivity contribution in [3.63, 3.8) is 0 Å². The summed E-state index contributed by atoms with van der Waals surface area (Å²) in [6, 6.07) is 7.26. The number of nitrogens with zero attached hydrogens (tertiary/aromatic N) is 1. The predicted molar refractivity (Wildman–Crippen MR) is 75.6 cm³/mol. The molecule has 9 heteroatoms. The summed E-state index contributed by atoms with van der Waals surface area (Å²) in [5, 5.41) is 2.47. The Labute approximate surface area is 125 Å². The number of anilines is 2. The van der Waals surface area contributed by atoms with E-state index in [1.54, 1.807) is 0 Å². The number of carbonyl (C=O) groups excluding carboxylic acids is 1. The predicted octanol–water partition coefficient (Wildman–Crippen LogP) is 1.35. The Balaban J connectivity index is 1.88. The van der Waals surface area contributed by atoms with Crippen molar-refractivity contribution in [3.8, 4) is 5.75 Å². The molecule has 3 rings (SSSR count). The minimum Gasteiger partial charge on any atom is -0.480 e. The minimum atomic E-state index is -3.90. The molecule has 0 unspecified atom stereocenters. The van der Waals surface area contributed by atoms with Crippen LogP contribution in [-0.4, -0.2) is 25.9 Å². The van der Waals surface area contributed by atoms with Crippen LogP contribution in [0.3, 0.4) is 0 Å². The van der Waals surface area contributed by atoms with E-state index in [1.807, 2.05) is 0 Å². The first-order valence-electron chi connectivity index (χ1n) is 6.16. The lowest BCUT2D eigenvalue weighted by Crippen LogP contribution is -2.26. The molecule has 1 amide bonds. The van der Waals surface area contributed by atoms with Crippen molar-refractivity contribution in [1.82, 2.24) is 4.98 Å². The Hall–Kier alpha value is -2.68. The van der Waals surface area contributed by atoms with E-state index in [9.17, 15) is 17.6 Å². The molecule has 0 atom stereocenters. The van der Waals surface area contributed by atoms with Crippen molar-refractivity contribution in [2.24, 2.45) is 0 Å². The van der Waals surface area contributed by atoms with Crippen LogP contribution in [0.4, 0.5) is 16.0 Å². The molecule has 1 aliphatic rings. The molecule has 0 radical (unpaired) electrons. The van der Waals surface area contributed by atoms with E-state index < -0.39 is 15.8 Å². The average molecular weight is 323 g/mol. The van der Waals surface area contributed by atoms with Crippen LogP contribution >= 0.6 is 0 Å². The van der Waals surface area contributed by atoms with E-state index in [0.29, 0.717) is 5.75 Å². The zero-order valence-corrected chi connectivity index (χ0v) is 11.9. The molecule has 2 aromatic rings. The van der Waals surface area contributed by atoms with Crippen molar-refractivity contribution in [3.05, 3.63) is 42.2 Å². The van der Waals surface area contributed by atoms with Crippen LogP contribution < -0.4 is 14.8 Å². The van der Waals surface area contributed by atoms with Crippen LogP contribution in [0.15, 0.2) is 41.3 Å². The lowest BCUT2D eigenvalue weighted by molar-refractivity contribution is -0.118. The smallest absolute Gasteiger partial charge is 0.263 e. The molecule has 0 spiro atoms. The number of ether oxygens (including phenoxy) is 1. The summed E-state index contributed by atoms with van der Waals surface area (Å²) < 4.78 is 44.5. The Bertz CT molecular complexity index is 837. The summed E-state index contributed by atoms with van der Waals surface area (Å²) in [5.74, 6) is -0.419. The van der Waals surface area contributed by atoms with Gasteiger partial charge in [-0.3, -0.25) is 9.52 Å². The third-order valence-corrected chi connectivity index (χ3v) is 4.21. The lowest BCUT2D eigenvalue weighted by atomic mass is 10.3. The van der Waals surface area contributed by atoms with E-state index >= 15 is 0 Å². The molecule has 0 bridgehead atoms. The number of benzene rings is 1. The first-order chi connectivity index (χ1) is 10.4. The summed E-state index contributed by atoms with van der Waals surface area (Å²) in [6.07, 6.45) is 0. The topological polar surface area (TPSA) is 97.4 Å². The summed E-state index contributed by atoms with van der Waals surface area (Å²) >= 11 is 0. The van der Waals surface area contributed by atoms with Crippen LogP contribution in [0.1, 0.15) is 0 Å². The van der Waals surface area contributed by atoms with E-state index in [0.717, 1.165) is 24.3 Å². The highest BCUT2D eigenvalue weighted by Crippen LogP contribution is 2.27. The second kappa shape index (κ2) is 5.26. The molecule has 0 aliphatic carbocycles. The first-order valence-corrected chi connectivity index (χ1v) is 7.64. The highest BCUT2D eigenvalue weighted by molar-refractivity contribution is 7.92. The maximum atomic E-state index is 12.8. The van der Waals surface area contributed by atoms with Crippen LogP contribution in [0.5, 0.6) is 5.75 Å². The van der Waals surface area contributed by atoms with Crippen LogP contribution in [-0.2, 0) is 14.8 Å². The quantitative estimate of drug-likeness (QED) is 0.888. The van der Waals surface area contributed by atoms with Crippen LogP contribution in [0.2, 0.25) is 0 Å². The summed E-state index contributed by atoms with van der Waals surface area (Å²) in [7, 11) is -3.90. The molecule has 0 saturated carbocycles. The third kappa shape index (κ3) is 2.84. The normalized spacial score (nSPS) is 13.8. The fraction of sp³-hybridized carbons (Fsp3) is 0.0769. The molecule has 22 heavy (non-hydrogen) atoms. The number of aromatic nitrogens is 1. The van der Waals surface area contributed by atoms with Gasteiger partial charge in [0.1, 0.15) is 11.6 Å². The number of carbonyl (C=O) groups is 1. The zero-order valence-electron chi connectivity index (χ0n) is 11.0. The van der Waals surface area contributed by atoms with Gasteiger partial charge in [-0.2, -0.15) is 0 Å². The van der Waals surface area contributed by atoms with Gasteiger partial charge in [-0.05, 0) is 36.4 Å². The fourth-order valence-electron chi connectivity index (χ4n) is 1.83. The van der Waals surface area contributed by atoms with Crippen molar-refractivity contribution in [1.29, 1.82) is 0 Å². The zero-order chi connectivity index (χ0) is 15.7. The van der Waals surface area contributed by atoms with Crippen LogP contribution in [0, 0.1) is 5.82 Å². The number of hydrogen-bond donors (Lipinski definition) is 2. The number of sulfonamides is 1. The maximum absolute atomic E-state index is 12.8. The van der Waals surface area contributed by atoms with Gasteiger partial charge < -0.3 is 10.1 Å². The number of hydrogen-bond acceptors (Lipinski definition) is 5.